The molecular weight excluding hydrogens is 292 g/mol. The first-order valence-electron chi connectivity index (χ1n) is 7.13. The topological polar surface area (TPSA) is 41.4 Å². The normalized spacial score (nSPS) is 11.9. The van der Waals surface area contributed by atoms with Gasteiger partial charge in [0.25, 0.3) is 0 Å². The van der Waals surface area contributed by atoms with Crippen molar-refractivity contribution in [2.24, 2.45) is 4.99 Å². The van der Waals surface area contributed by atoms with Gasteiger partial charge in [0.15, 0.2) is 0 Å². The van der Waals surface area contributed by atoms with Crippen LogP contribution in [-0.4, -0.2) is 29.8 Å². The van der Waals surface area contributed by atoms with E-state index in [0.29, 0.717) is 6.54 Å². The lowest BCUT2D eigenvalue weighted by atomic mass is 10.2. The fourth-order valence-corrected chi connectivity index (χ4v) is 3.04. The second-order valence-corrected chi connectivity index (χ2v) is 6.39. The van der Waals surface area contributed by atoms with E-state index in [1.807, 2.05) is 51.5 Å². The van der Waals surface area contributed by atoms with Crippen molar-refractivity contribution in [3.63, 3.8) is 0 Å². The largest absolute Gasteiger partial charge is 0.378 e. The monoisotopic (exact) mass is 310 g/mol. The highest BCUT2D eigenvalue weighted by molar-refractivity contribution is 7.18. The molecule has 0 fully saturated rings. The molecule has 0 saturated carbocycles. The Morgan fingerprint density at radius 1 is 1.23 bits per heavy atom. The van der Waals surface area contributed by atoms with Gasteiger partial charge in [-0.15, -0.1) is 11.3 Å². The molecule has 0 unspecified atom stereocenters. The number of rotatable bonds is 4. The number of aliphatic imine (C=N–C) groups is 1. The Morgan fingerprint density at radius 2 is 2.05 bits per heavy atom. The molecule has 0 saturated heterocycles. The average molecular weight is 310 g/mol. The van der Waals surface area contributed by atoms with Crippen LogP contribution < -0.4 is 4.90 Å². The molecule has 0 N–H and O–H groups in total. The zero-order valence-corrected chi connectivity index (χ0v) is 13.8. The highest BCUT2D eigenvalue weighted by atomic mass is 32.1. The molecule has 0 radical (unpaired) electrons. The highest BCUT2D eigenvalue weighted by Gasteiger charge is 2.05. The number of nitrogens with zero attached hydrogens (tertiary/aromatic N) is 4. The second kappa shape index (κ2) is 6.23. The van der Waals surface area contributed by atoms with Crippen LogP contribution >= 0.6 is 11.3 Å². The van der Waals surface area contributed by atoms with E-state index in [4.69, 9.17) is 0 Å². The van der Waals surface area contributed by atoms with Crippen LogP contribution in [0.4, 0.5) is 5.69 Å². The van der Waals surface area contributed by atoms with Gasteiger partial charge in [0, 0.05) is 26.0 Å². The van der Waals surface area contributed by atoms with Crippen LogP contribution in [0.3, 0.4) is 0 Å². The summed E-state index contributed by atoms with van der Waals surface area (Å²) in [6.45, 7) is 2.59. The summed E-state index contributed by atoms with van der Waals surface area (Å²) in [5.74, 6) is 0. The Balaban J connectivity index is 1.81. The minimum atomic E-state index is 0.596. The van der Waals surface area contributed by atoms with Crippen molar-refractivity contribution in [1.29, 1.82) is 0 Å². The van der Waals surface area contributed by atoms with Gasteiger partial charge in [-0.2, -0.15) is 0 Å². The van der Waals surface area contributed by atoms with Crippen molar-refractivity contribution < 1.29 is 0 Å². The maximum atomic E-state index is 4.64. The first-order chi connectivity index (χ1) is 10.6. The first-order valence-corrected chi connectivity index (χ1v) is 7.94. The molecule has 0 spiro atoms. The van der Waals surface area contributed by atoms with Crippen LogP contribution in [0.2, 0.25) is 0 Å². The van der Waals surface area contributed by atoms with E-state index in [9.17, 15) is 0 Å². The van der Waals surface area contributed by atoms with Gasteiger partial charge in [-0.1, -0.05) is 12.1 Å². The Kier molecular flexibility index (Phi) is 4.15. The Bertz CT molecular complexity index is 787. The standard InChI is InChI=1S/C17H18N4S/c1-12(15-10-13(21(2)3)8-9-18-15)19-11-17-20-14-6-4-5-7-16(14)22-17/h4-10H,11H2,1-3H3. The fraction of sp³-hybridized carbons (Fsp3) is 0.235. The quantitative estimate of drug-likeness (QED) is 0.689. The molecule has 112 valence electrons. The van der Waals surface area contributed by atoms with E-state index in [1.165, 1.54) is 4.70 Å². The fourth-order valence-electron chi connectivity index (χ4n) is 2.15. The van der Waals surface area contributed by atoms with Gasteiger partial charge in [0.1, 0.15) is 5.01 Å². The third-order valence-electron chi connectivity index (χ3n) is 3.42. The average Bonchev–Trinajstić information content (AvgIpc) is 2.95. The van der Waals surface area contributed by atoms with Crippen molar-refractivity contribution in [1.82, 2.24) is 9.97 Å². The third kappa shape index (κ3) is 3.14. The maximum Gasteiger partial charge on any atom is 0.115 e. The van der Waals surface area contributed by atoms with Crippen LogP contribution in [0.5, 0.6) is 0 Å². The van der Waals surface area contributed by atoms with Gasteiger partial charge in [0.05, 0.1) is 28.2 Å². The molecule has 3 rings (SSSR count). The van der Waals surface area contributed by atoms with Crippen LogP contribution in [0.15, 0.2) is 47.6 Å². The molecule has 0 amide bonds. The van der Waals surface area contributed by atoms with Gasteiger partial charge in [-0.25, -0.2) is 4.98 Å². The highest BCUT2D eigenvalue weighted by Crippen LogP contribution is 2.22. The van der Waals surface area contributed by atoms with Crippen molar-refractivity contribution in [3.8, 4) is 0 Å². The van der Waals surface area contributed by atoms with Crippen LogP contribution in [-0.2, 0) is 6.54 Å². The number of hydrogen-bond acceptors (Lipinski definition) is 5. The number of anilines is 1. The summed E-state index contributed by atoms with van der Waals surface area (Å²) in [7, 11) is 4.04. The molecule has 0 aliphatic rings. The van der Waals surface area contributed by atoms with Crippen LogP contribution in [0.1, 0.15) is 17.6 Å². The van der Waals surface area contributed by atoms with E-state index in [-0.39, 0.29) is 0 Å². The first kappa shape index (κ1) is 14.7. The van der Waals surface area contributed by atoms with Crippen molar-refractivity contribution in [2.75, 3.05) is 19.0 Å². The van der Waals surface area contributed by atoms with E-state index in [2.05, 4.69) is 32.0 Å². The molecule has 1 aromatic carbocycles. The van der Waals surface area contributed by atoms with E-state index in [0.717, 1.165) is 27.6 Å². The van der Waals surface area contributed by atoms with Crippen molar-refractivity contribution in [2.45, 2.75) is 13.5 Å². The molecule has 0 aliphatic carbocycles. The van der Waals surface area contributed by atoms with Gasteiger partial charge in [-0.3, -0.25) is 9.98 Å². The predicted octanol–water partition coefficient (Wildman–Crippen LogP) is 3.77. The Labute approximate surface area is 134 Å². The van der Waals surface area contributed by atoms with E-state index < -0.39 is 0 Å². The molecule has 22 heavy (non-hydrogen) atoms. The lowest BCUT2D eigenvalue weighted by molar-refractivity contribution is 1.04. The molecule has 5 heteroatoms. The van der Waals surface area contributed by atoms with E-state index >= 15 is 0 Å². The Hall–Kier alpha value is -2.27. The summed E-state index contributed by atoms with van der Waals surface area (Å²) in [6, 6.07) is 12.2. The molecule has 0 aliphatic heterocycles. The number of fused-ring (bicyclic) bond motifs is 1. The lowest BCUT2D eigenvalue weighted by Gasteiger charge is -2.12. The van der Waals surface area contributed by atoms with Gasteiger partial charge in [0.2, 0.25) is 0 Å². The molecule has 4 nitrogen and oxygen atoms in total. The summed E-state index contributed by atoms with van der Waals surface area (Å²) in [6.07, 6.45) is 1.82. The molecule has 0 bridgehead atoms. The lowest BCUT2D eigenvalue weighted by Crippen LogP contribution is -2.10. The second-order valence-electron chi connectivity index (χ2n) is 5.27. The minimum Gasteiger partial charge on any atom is -0.378 e. The number of pyridine rings is 1. The van der Waals surface area contributed by atoms with E-state index in [1.54, 1.807) is 11.3 Å². The zero-order chi connectivity index (χ0) is 15.5. The van der Waals surface area contributed by atoms with Gasteiger partial charge < -0.3 is 4.90 Å². The number of aromatic nitrogens is 2. The summed E-state index contributed by atoms with van der Waals surface area (Å²) in [5, 5.41) is 1.03. The van der Waals surface area contributed by atoms with Gasteiger partial charge >= 0.3 is 0 Å². The molecule has 0 atom stereocenters. The number of para-hydroxylation sites is 1. The number of benzene rings is 1. The predicted molar refractivity (Wildman–Crippen MR) is 94.1 cm³/mol. The third-order valence-corrected chi connectivity index (χ3v) is 4.44. The molecular formula is C17H18N4S. The van der Waals surface area contributed by atoms with Crippen LogP contribution in [0, 0.1) is 0 Å². The zero-order valence-electron chi connectivity index (χ0n) is 12.9. The summed E-state index contributed by atoms with van der Waals surface area (Å²) in [4.78, 5) is 15.7. The Morgan fingerprint density at radius 3 is 2.82 bits per heavy atom. The number of thiazole rings is 1. The SMILES string of the molecule is CC(=NCc1nc2ccccc2s1)c1cc(N(C)C)ccn1. The number of hydrogen-bond donors (Lipinski definition) is 0. The smallest absolute Gasteiger partial charge is 0.115 e. The van der Waals surface area contributed by atoms with Gasteiger partial charge in [-0.05, 0) is 31.2 Å². The van der Waals surface area contributed by atoms with Crippen LogP contribution in [0.25, 0.3) is 10.2 Å². The maximum absolute atomic E-state index is 4.64. The van der Waals surface area contributed by atoms with Crippen molar-refractivity contribution in [3.05, 3.63) is 53.3 Å². The summed E-state index contributed by atoms with van der Waals surface area (Å²) in [5.41, 5.74) is 4.01. The van der Waals surface area contributed by atoms with Crippen molar-refractivity contribution >= 4 is 33.0 Å². The molecule has 2 heterocycles. The molecule has 3 aromatic rings. The summed E-state index contributed by atoms with van der Waals surface area (Å²) < 4.78 is 1.21. The molecule has 2 aromatic heterocycles. The summed E-state index contributed by atoms with van der Waals surface area (Å²) >= 11 is 1.70. The minimum absolute atomic E-state index is 0.596.